The standard InChI is InChI=1S/C17H15ClN4O5/c18-13-5-4-12(21(24)25)10-14(13)19-17(23)11-3-6-15(16(9-11)22(26)27)20-7-1-2-8-20/h3-6,9-10H,1-2,7-8H2,(H,19,23). The molecule has 0 saturated carbocycles. The van der Waals surface area contributed by atoms with Crippen molar-refractivity contribution in [3.63, 3.8) is 0 Å². The summed E-state index contributed by atoms with van der Waals surface area (Å²) in [6, 6.07) is 7.89. The summed E-state index contributed by atoms with van der Waals surface area (Å²) >= 11 is 5.97. The highest BCUT2D eigenvalue weighted by Gasteiger charge is 2.24. The van der Waals surface area contributed by atoms with E-state index >= 15 is 0 Å². The maximum atomic E-state index is 12.5. The van der Waals surface area contributed by atoms with Crippen molar-refractivity contribution in [2.75, 3.05) is 23.3 Å². The highest BCUT2D eigenvalue weighted by molar-refractivity contribution is 6.34. The summed E-state index contributed by atoms with van der Waals surface area (Å²) in [5.74, 6) is -0.645. The smallest absolute Gasteiger partial charge is 0.293 e. The first-order valence-electron chi connectivity index (χ1n) is 8.15. The topological polar surface area (TPSA) is 119 Å². The van der Waals surface area contributed by atoms with Gasteiger partial charge < -0.3 is 10.2 Å². The van der Waals surface area contributed by atoms with E-state index in [0.717, 1.165) is 32.0 Å². The van der Waals surface area contributed by atoms with E-state index in [1.807, 2.05) is 4.90 Å². The van der Waals surface area contributed by atoms with Crippen LogP contribution in [0.25, 0.3) is 0 Å². The van der Waals surface area contributed by atoms with E-state index in [-0.39, 0.29) is 27.6 Å². The minimum Gasteiger partial charge on any atom is -0.366 e. The summed E-state index contributed by atoms with van der Waals surface area (Å²) in [4.78, 5) is 35.6. The predicted octanol–water partition coefficient (Wildman–Crippen LogP) is 4.01. The number of nitrogens with zero attached hydrogens (tertiary/aromatic N) is 3. The minimum absolute atomic E-state index is 0.0575. The van der Waals surface area contributed by atoms with Crippen molar-refractivity contribution < 1.29 is 14.6 Å². The van der Waals surface area contributed by atoms with Gasteiger partial charge in [-0.15, -0.1) is 0 Å². The molecule has 3 rings (SSSR count). The normalized spacial score (nSPS) is 13.4. The number of nitrogens with one attached hydrogen (secondary N) is 1. The van der Waals surface area contributed by atoms with Crippen LogP contribution in [0.15, 0.2) is 36.4 Å². The Balaban J connectivity index is 1.89. The van der Waals surface area contributed by atoms with Crippen molar-refractivity contribution in [3.8, 4) is 0 Å². The fourth-order valence-electron chi connectivity index (χ4n) is 2.95. The summed E-state index contributed by atoms with van der Waals surface area (Å²) in [5.41, 5.74) is 0.205. The SMILES string of the molecule is O=C(Nc1cc([N+](=O)[O-])ccc1Cl)c1ccc(N2CCCC2)c([N+](=O)[O-])c1. The molecule has 2 aromatic rings. The van der Waals surface area contributed by atoms with Crippen molar-refractivity contribution in [1.29, 1.82) is 0 Å². The van der Waals surface area contributed by atoms with Gasteiger partial charge in [0.15, 0.2) is 0 Å². The number of nitro benzene ring substituents is 2. The molecule has 0 aromatic heterocycles. The van der Waals surface area contributed by atoms with Crippen LogP contribution in [0.1, 0.15) is 23.2 Å². The Labute approximate surface area is 158 Å². The maximum absolute atomic E-state index is 12.5. The van der Waals surface area contributed by atoms with Gasteiger partial charge in [0.1, 0.15) is 5.69 Å². The quantitative estimate of drug-likeness (QED) is 0.608. The van der Waals surface area contributed by atoms with Crippen LogP contribution in [0, 0.1) is 20.2 Å². The van der Waals surface area contributed by atoms with E-state index in [0.29, 0.717) is 5.69 Å². The Morgan fingerprint density at radius 2 is 1.74 bits per heavy atom. The summed E-state index contributed by atoms with van der Waals surface area (Å²) in [6.45, 7) is 1.46. The van der Waals surface area contributed by atoms with E-state index < -0.39 is 15.8 Å². The van der Waals surface area contributed by atoms with Crippen molar-refractivity contribution in [2.45, 2.75) is 12.8 Å². The van der Waals surface area contributed by atoms with Crippen LogP contribution in [-0.4, -0.2) is 28.8 Å². The van der Waals surface area contributed by atoms with Gasteiger partial charge in [0.25, 0.3) is 17.3 Å². The molecule has 1 amide bonds. The van der Waals surface area contributed by atoms with Crippen LogP contribution in [0.5, 0.6) is 0 Å². The lowest BCUT2D eigenvalue weighted by atomic mass is 10.1. The Morgan fingerprint density at radius 1 is 1.04 bits per heavy atom. The van der Waals surface area contributed by atoms with Gasteiger partial charge in [-0.1, -0.05) is 11.6 Å². The second-order valence-electron chi connectivity index (χ2n) is 6.03. The molecule has 1 aliphatic heterocycles. The van der Waals surface area contributed by atoms with Crippen molar-refractivity contribution in [1.82, 2.24) is 0 Å². The Kier molecular flexibility index (Phi) is 5.22. The molecule has 0 aliphatic carbocycles. The van der Waals surface area contributed by atoms with E-state index in [4.69, 9.17) is 11.6 Å². The van der Waals surface area contributed by atoms with Gasteiger partial charge in [-0.05, 0) is 31.0 Å². The van der Waals surface area contributed by atoms with Crippen LogP contribution < -0.4 is 10.2 Å². The second-order valence-corrected chi connectivity index (χ2v) is 6.44. The van der Waals surface area contributed by atoms with Crippen molar-refractivity contribution in [2.24, 2.45) is 0 Å². The van der Waals surface area contributed by atoms with E-state index in [1.54, 1.807) is 6.07 Å². The molecule has 9 nitrogen and oxygen atoms in total. The first-order chi connectivity index (χ1) is 12.9. The van der Waals surface area contributed by atoms with Gasteiger partial charge in [-0.3, -0.25) is 25.0 Å². The van der Waals surface area contributed by atoms with Gasteiger partial charge in [0.2, 0.25) is 0 Å². The van der Waals surface area contributed by atoms with Gasteiger partial charge >= 0.3 is 0 Å². The van der Waals surface area contributed by atoms with Gasteiger partial charge in [0.05, 0.1) is 20.6 Å². The van der Waals surface area contributed by atoms with Crippen molar-refractivity contribution >= 4 is 40.3 Å². The van der Waals surface area contributed by atoms with E-state index in [1.165, 1.54) is 24.3 Å². The summed E-state index contributed by atoms with van der Waals surface area (Å²) in [6.07, 6.45) is 1.93. The number of nitro groups is 2. The van der Waals surface area contributed by atoms with Gasteiger partial charge in [-0.25, -0.2) is 0 Å². The molecule has 2 aromatic carbocycles. The zero-order valence-corrected chi connectivity index (χ0v) is 14.8. The van der Waals surface area contributed by atoms with Crippen LogP contribution in [0.4, 0.5) is 22.7 Å². The molecule has 1 fully saturated rings. The largest absolute Gasteiger partial charge is 0.366 e. The Hall–Kier alpha value is -3.20. The first-order valence-corrected chi connectivity index (χ1v) is 8.53. The molecule has 0 spiro atoms. The number of amides is 1. The second kappa shape index (κ2) is 7.58. The lowest BCUT2D eigenvalue weighted by Gasteiger charge is -2.17. The fraction of sp³-hybridized carbons (Fsp3) is 0.235. The van der Waals surface area contributed by atoms with Crippen LogP contribution in [-0.2, 0) is 0 Å². The molecule has 1 N–H and O–H groups in total. The number of non-ortho nitro benzene ring substituents is 1. The zero-order chi connectivity index (χ0) is 19.6. The summed E-state index contributed by atoms with van der Waals surface area (Å²) in [7, 11) is 0. The number of anilines is 2. The number of carbonyl (C=O) groups excluding carboxylic acids is 1. The van der Waals surface area contributed by atoms with Gasteiger partial charge in [-0.2, -0.15) is 0 Å². The predicted molar refractivity (Wildman–Crippen MR) is 101 cm³/mol. The minimum atomic E-state index is -0.645. The molecule has 1 saturated heterocycles. The molecule has 0 atom stereocenters. The molecule has 1 aliphatic rings. The molecule has 140 valence electrons. The molecular weight excluding hydrogens is 376 g/mol. The number of rotatable bonds is 5. The highest BCUT2D eigenvalue weighted by atomic mass is 35.5. The molecule has 0 radical (unpaired) electrons. The molecule has 27 heavy (non-hydrogen) atoms. The number of carbonyl (C=O) groups is 1. The fourth-order valence-corrected chi connectivity index (χ4v) is 3.12. The van der Waals surface area contributed by atoms with E-state index in [2.05, 4.69) is 5.32 Å². The van der Waals surface area contributed by atoms with Crippen LogP contribution in [0.2, 0.25) is 5.02 Å². The molecule has 0 unspecified atom stereocenters. The van der Waals surface area contributed by atoms with E-state index in [9.17, 15) is 25.0 Å². The zero-order valence-electron chi connectivity index (χ0n) is 14.1. The Morgan fingerprint density at radius 3 is 2.37 bits per heavy atom. The van der Waals surface area contributed by atoms with Crippen LogP contribution in [0.3, 0.4) is 0 Å². The molecule has 1 heterocycles. The lowest BCUT2D eigenvalue weighted by molar-refractivity contribution is -0.384. The third-order valence-electron chi connectivity index (χ3n) is 4.29. The number of hydrogen-bond acceptors (Lipinski definition) is 6. The maximum Gasteiger partial charge on any atom is 0.293 e. The Bertz CT molecular complexity index is 928. The summed E-state index contributed by atoms with van der Waals surface area (Å²) in [5, 5.41) is 24.9. The lowest BCUT2D eigenvalue weighted by Crippen LogP contribution is -2.20. The average molecular weight is 391 g/mol. The summed E-state index contributed by atoms with van der Waals surface area (Å²) < 4.78 is 0. The first kappa shape index (κ1) is 18.6. The number of benzene rings is 2. The molecule has 0 bridgehead atoms. The molecule has 10 heteroatoms. The average Bonchev–Trinajstić information content (AvgIpc) is 3.17. The number of halogens is 1. The third-order valence-corrected chi connectivity index (χ3v) is 4.62. The van der Waals surface area contributed by atoms with Gasteiger partial charge in [0, 0.05) is 36.9 Å². The molecular formula is C17H15ClN4O5. The van der Waals surface area contributed by atoms with Crippen molar-refractivity contribution in [3.05, 3.63) is 67.2 Å². The third kappa shape index (κ3) is 3.98. The monoisotopic (exact) mass is 390 g/mol. The number of hydrogen-bond donors (Lipinski definition) is 1. The highest BCUT2D eigenvalue weighted by Crippen LogP contribution is 2.32. The van der Waals surface area contributed by atoms with Crippen LogP contribution >= 0.6 is 11.6 Å².